The minimum Gasteiger partial charge on any atom is -0.492 e. The number of rotatable bonds is 10. The van der Waals surface area contributed by atoms with Gasteiger partial charge in [0.1, 0.15) is 18.6 Å². The third-order valence-corrected chi connectivity index (χ3v) is 6.48. The van der Waals surface area contributed by atoms with E-state index in [4.69, 9.17) is 4.74 Å². The van der Waals surface area contributed by atoms with Crippen molar-refractivity contribution in [2.24, 2.45) is 0 Å². The topological polar surface area (TPSA) is 29.5 Å². The molecule has 160 valence electrons. The van der Waals surface area contributed by atoms with Crippen molar-refractivity contribution in [1.29, 1.82) is 0 Å². The highest BCUT2D eigenvalue weighted by Crippen LogP contribution is 2.44. The van der Waals surface area contributed by atoms with Crippen molar-refractivity contribution in [3.8, 4) is 5.75 Å². The van der Waals surface area contributed by atoms with E-state index in [0.29, 0.717) is 6.61 Å². The first-order valence-corrected chi connectivity index (χ1v) is 11.2. The highest BCUT2D eigenvalue weighted by Gasteiger charge is 2.33. The fraction of sp³-hybridized carbons (Fsp3) is 0.444. The Labute approximate surface area is 181 Å². The molecular formula is C27H35NO2. The predicted octanol–water partition coefficient (Wildman–Crippen LogP) is 5.92. The number of hydrogen-bond donors (Lipinski definition) is 0. The molecule has 0 aromatic heterocycles. The van der Waals surface area contributed by atoms with Gasteiger partial charge in [0.05, 0.1) is 0 Å². The van der Waals surface area contributed by atoms with Gasteiger partial charge >= 0.3 is 0 Å². The molecule has 0 radical (unpaired) electrons. The van der Waals surface area contributed by atoms with Crippen LogP contribution in [0.1, 0.15) is 68.1 Å². The van der Waals surface area contributed by atoms with Crippen LogP contribution in [-0.4, -0.2) is 37.4 Å². The van der Waals surface area contributed by atoms with Crippen LogP contribution in [0.15, 0.2) is 48.0 Å². The molecule has 0 aliphatic heterocycles. The Morgan fingerprint density at radius 2 is 1.87 bits per heavy atom. The molecule has 2 aromatic carbocycles. The Kier molecular flexibility index (Phi) is 7.14. The second-order valence-corrected chi connectivity index (χ2v) is 8.71. The molecule has 0 heterocycles. The number of carbonyl (C=O) groups excluding carboxylic acids is 1. The monoisotopic (exact) mass is 405 g/mol. The van der Waals surface area contributed by atoms with Crippen LogP contribution in [0.4, 0.5) is 0 Å². The van der Waals surface area contributed by atoms with Crippen LogP contribution < -0.4 is 4.74 Å². The van der Waals surface area contributed by atoms with E-state index in [1.165, 1.54) is 22.3 Å². The van der Waals surface area contributed by atoms with Gasteiger partial charge in [-0.1, -0.05) is 57.5 Å². The molecule has 0 amide bonds. The summed E-state index contributed by atoms with van der Waals surface area (Å²) in [6, 6.07) is 14.5. The highest BCUT2D eigenvalue weighted by molar-refractivity contribution is 5.82. The summed E-state index contributed by atoms with van der Waals surface area (Å²) in [5, 5.41) is 0. The standard InChI is InChI=1S/C27H35NO2/c1-6-14-28(7-2)15-16-30-23-13-12-22(19-29)26(18-23)27(4,5)25-17-21-10-8-9-11-24(21)20(25)3/h8-13,18-19H,6-7,14-17H2,1-5H3. The van der Waals surface area contributed by atoms with Crippen molar-refractivity contribution in [2.45, 2.75) is 52.9 Å². The number of carbonyl (C=O) groups is 1. The Morgan fingerprint density at radius 1 is 1.10 bits per heavy atom. The maximum absolute atomic E-state index is 11.9. The summed E-state index contributed by atoms with van der Waals surface area (Å²) >= 11 is 0. The molecule has 0 fully saturated rings. The maximum atomic E-state index is 11.9. The number of nitrogens with zero attached hydrogens (tertiary/aromatic N) is 1. The fourth-order valence-corrected chi connectivity index (χ4v) is 4.68. The van der Waals surface area contributed by atoms with Gasteiger partial charge in [-0.25, -0.2) is 0 Å². The average Bonchev–Trinajstić information content (AvgIpc) is 3.10. The van der Waals surface area contributed by atoms with Crippen LogP contribution in [0.3, 0.4) is 0 Å². The molecule has 0 unspecified atom stereocenters. The van der Waals surface area contributed by atoms with Crippen molar-refractivity contribution in [2.75, 3.05) is 26.2 Å². The Bertz CT molecular complexity index is 926. The van der Waals surface area contributed by atoms with E-state index in [9.17, 15) is 4.79 Å². The third-order valence-electron chi connectivity index (χ3n) is 6.48. The number of allylic oxidation sites excluding steroid dienone is 2. The number of aldehydes is 1. The maximum Gasteiger partial charge on any atom is 0.150 e. The molecular weight excluding hydrogens is 370 g/mol. The molecule has 1 aliphatic rings. The number of ether oxygens (including phenoxy) is 1. The Morgan fingerprint density at radius 3 is 2.53 bits per heavy atom. The third kappa shape index (κ3) is 4.52. The molecule has 0 N–H and O–H groups in total. The summed E-state index contributed by atoms with van der Waals surface area (Å²) in [6.07, 6.45) is 3.05. The Balaban J connectivity index is 1.85. The summed E-state index contributed by atoms with van der Waals surface area (Å²) < 4.78 is 6.10. The first-order valence-electron chi connectivity index (χ1n) is 11.2. The molecule has 30 heavy (non-hydrogen) atoms. The summed E-state index contributed by atoms with van der Waals surface area (Å²) in [7, 11) is 0. The van der Waals surface area contributed by atoms with E-state index in [0.717, 1.165) is 55.6 Å². The SMILES string of the molecule is CCCN(CC)CCOc1ccc(C=O)c(C(C)(C)C2=C(C)c3ccccc3C2)c1. The van der Waals surface area contributed by atoms with Gasteiger partial charge < -0.3 is 9.64 Å². The number of likely N-dealkylation sites (N-methyl/N-ethyl adjacent to an activating group) is 1. The van der Waals surface area contributed by atoms with Gasteiger partial charge in [0, 0.05) is 17.5 Å². The highest BCUT2D eigenvalue weighted by atomic mass is 16.5. The summed E-state index contributed by atoms with van der Waals surface area (Å²) in [5.41, 5.74) is 6.94. The molecule has 2 aromatic rings. The number of fused-ring (bicyclic) bond motifs is 1. The van der Waals surface area contributed by atoms with Gasteiger partial charge in [-0.15, -0.1) is 0 Å². The molecule has 1 aliphatic carbocycles. The molecule has 0 saturated carbocycles. The normalized spacial score (nSPS) is 13.7. The van der Waals surface area contributed by atoms with Crippen molar-refractivity contribution in [3.05, 3.63) is 70.3 Å². The fourth-order valence-electron chi connectivity index (χ4n) is 4.68. The lowest BCUT2D eigenvalue weighted by molar-refractivity contribution is 0.112. The van der Waals surface area contributed by atoms with E-state index in [1.54, 1.807) is 0 Å². The van der Waals surface area contributed by atoms with Crippen molar-refractivity contribution in [3.63, 3.8) is 0 Å². The quantitative estimate of drug-likeness (QED) is 0.460. The van der Waals surface area contributed by atoms with Gasteiger partial charge in [-0.2, -0.15) is 0 Å². The number of hydrogen-bond acceptors (Lipinski definition) is 3. The van der Waals surface area contributed by atoms with Crippen LogP contribution in [-0.2, 0) is 11.8 Å². The minimum atomic E-state index is -0.254. The lowest BCUT2D eigenvalue weighted by Crippen LogP contribution is -2.29. The molecule has 0 saturated heterocycles. The molecule has 3 nitrogen and oxygen atoms in total. The van der Waals surface area contributed by atoms with E-state index < -0.39 is 0 Å². The summed E-state index contributed by atoms with van der Waals surface area (Å²) in [6.45, 7) is 14.7. The van der Waals surface area contributed by atoms with Crippen LogP contribution >= 0.6 is 0 Å². The zero-order valence-electron chi connectivity index (χ0n) is 19.1. The minimum absolute atomic E-state index is 0.254. The van der Waals surface area contributed by atoms with Gasteiger partial charge in [-0.3, -0.25) is 4.79 Å². The smallest absolute Gasteiger partial charge is 0.150 e. The average molecular weight is 406 g/mol. The first-order chi connectivity index (χ1) is 14.4. The Hall–Kier alpha value is -2.39. The van der Waals surface area contributed by atoms with Gasteiger partial charge in [0.2, 0.25) is 0 Å². The van der Waals surface area contributed by atoms with Crippen LogP contribution in [0.2, 0.25) is 0 Å². The van der Waals surface area contributed by atoms with Crippen molar-refractivity contribution in [1.82, 2.24) is 4.90 Å². The molecule has 3 heteroatoms. The first kappa shape index (κ1) is 22.3. The van der Waals surface area contributed by atoms with Gasteiger partial charge in [0.15, 0.2) is 0 Å². The van der Waals surface area contributed by atoms with Crippen LogP contribution in [0.5, 0.6) is 5.75 Å². The largest absolute Gasteiger partial charge is 0.492 e. The molecule has 0 bridgehead atoms. The lowest BCUT2D eigenvalue weighted by Gasteiger charge is -2.30. The molecule has 3 rings (SSSR count). The summed E-state index contributed by atoms with van der Waals surface area (Å²) in [4.78, 5) is 14.2. The zero-order chi connectivity index (χ0) is 21.7. The molecule has 0 atom stereocenters. The summed E-state index contributed by atoms with van der Waals surface area (Å²) in [5.74, 6) is 0.838. The molecule has 0 spiro atoms. The number of benzene rings is 2. The van der Waals surface area contributed by atoms with E-state index >= 15 is 0 Å². The van der Waals surface area contributed by atoms with Gasteiger partial charge in [-0.05, 0) is 73.3 Å². The lowest BCUT2D eigenvalue weighted by atomic mass is 9.74. The second-order valence-electron chi connectivity index (χ2n) is 8.71. The van der Waals surface area contributed by atoms with E-state index in [-0.39, 0.29) is 5.41 Å². The zero-order valence-corrected chi connectivity index (χ0v) is 19.1. The van der Waals surface area contributed by atoms with E-state index in [2.05, 4.69) is 69.9 Å². The van der Waals surface area contributed by atoms with E-state index in [1.807, 2.05) is 12.1 Å². The van der Waals surface area contributed by atoms with Crippen molar-refractivity contribution >= 4 is 11.9 Å². The predicted molar refractivity (Wildman–Crippen MR) is 125 cm³/mol. The van der Waals surface area contributed by atoms with Crippen LogP contribution in [0.25, 0.3) is 5.57 Å². The van der Waals surface area contributed by atoms with Gasteiger partial charge in [0.25, 0.3) is 0 Å². The van der Waals surface area contributed by atoms with Crippen LogP contribution in [0, 0.1) is 0 Å². The van der Waals surface area contributed by atoms with Crippen molar-refractivity contribution < 1.29 is 9.53 Å². The second kappa shape index (κ2) is 9.61.